The Morgan fingerprint density at radius 3 is 2.42 bits per heavy atom. The molecule has 1 aromatic rings. The topological polar surface area (TPSA) is 62.8 Å². The second-order valence-corrected chi connectivity index (χ2v) is 5.61. The molecule has 0 aromatic heterocycles. The van der Waals surface area contributed by atoms with Crippen molar-refractivity contribution in [1.29, 1.82) is 0 Å². The highest BCUT2D eigenvalue weighted by Gasteiger charge is 2.14. The summed E-state index contributed by atoms with van der Waals surface area (Å²) in [5.41, 5.74) is 0.789. The lowest BCUT2D eigenvalue weighted by molar-refractivity contribution is -0.120. The molecule has 0 unspecified atom stereocenters. The summed E-state index contributed by atoms with van der Waals surface area (Å²) >= 11 is 0. The van der Waals surface area contributed by atoms with Crippen LogP contribution in [0.25, 0.3) is 0 Å². The standard InChI is InChI=1S/C17H27N3O3.ClH/c1-22-15-5-3-6-16(23-2)14(15)13-17(21)19-7-4-10-20-11-8-18-9-12-20;/h3,5-6,18H,4,7-13H2,1-2H3,(H,19,21);1H. The second-order valence-electron chi connectivity index (χ2n) is 5.61. The lowest BCUT2D eigenvalue weighted by Crippen LogP contribution is -2.44. The van der Waals surface area contributed by atoms with Gasteiger partial charge in [-0.05, 0) is 25.1 Å². The molecule has 1 aliphatic heterocycles. The first kappa shape index (κ1) is 20.5. The number of nitrogens with one attached hydrogen (secondary N) is 2. The average Bonchev–Trinajstić information content (AvgIpc) is 2.60. The Morgan fingerprint density at radius 2 is 1.83 bits per heavy atom. The fourth-order valence-electron chi connectivity index (χ4n) is 2.79. The summed E-state index contributed by atoms with van der Waals surface area (Å²) in [5, 5.41) is 6.32. The lowest BCUT2D eigenvalue weighted by atomic mass is 10.1. The number of hydrogen-bond acceptors (Lipinski definition) is 5. The van der Waals surface area contributed by atoms with Gasteiger partial charge in [0.2, 0.25) is 5.91 Å². The van der Waals surface area contributed by atoms with E-state index in [0.717, 1.165) is 44.7 Å². The lowest BCUT2D eigenvalue weighted by Gasteiger charge is -2.27. The molecule has 0 spiro atoms. The smallest absolute Gasteiger partial charge is 0.224 e. The highest BCUT2D eigenvalue weighted by Crippen LogP contribution is 2.28. The second kappa shape index (κ2) is 11.1. The van der Waals surface area contributed by atoms with Gasteiger partial charge in [0.05, 0.1) is 20.6 Å². The number of benzene rings is 1. The molecule has 136 valence electrons. The Balaban J connectivity index is 0.00000288. The minimum atomic E-state index is -0.00638. The third-order valence-corrected chi connectivity index (χ3v) is 4.05. The maximum atomic E-state index is 12.2. The average molecular weight is 358 g/mol. The van der Waals surface area contributed by atoms with Crippen molar-refractivity contribution in [2.75, 3.05) is 53.5 Å². The van der Waals surface area contributed by atoms with Gasteiger partial charge in [-0.2, -0.15) is 0 Å². The third-order valence-electron chi connectivity index (χ3n) is 4.05. The van der Waals surface area contributed by atoms with E-state index in [2.05, 4.69) is 15.5 Å². The Labute approximate surface area is 150 Å². The minimum Gasteiger partial charge on any atom is -0.496 e. The van der Waals surface area contributed by atoms with Gasteiger partial charge in [-0.1, -0.05) is 6.07 Å². The van der Waals surface area contributed by atoms with Crippen LogP contribution in [0.3, 0.4) is 0 Å². The van der Waals surface area contributed by atoms with Crippen LogP contribution in [0.2, 0.25) is 0 Å². The zero-order valence-electron chi connectivity index (χ0n) is 14.5. The number of methoxy groups -OCH3 is 2. The quantitative estimate of drug-likeness (QED) is 0.682. The number of piperazine rings is 1. The molecule has 1 fully saturated rings. The van der Waals surface area contributed by atoms with Crippen molar-refractivity contribution in [3.8, 4) is 11.5 Å². The van der Waals surface area contributed by atoms with Crippen LogP contribution in [0.15, 0.2) is 18.2 Å². The van der Waals surface area contributed by atoms with Crippen LogP contribution in [0.5, 0.6) is 11.5 Å². The van der Waals surface area contributed by atoms with Crippen molar-refractivity contribution >= 4 is 18.3 Å². The van der Waals surface area contributed by atoms with Gasteiger partial charge in [0.15, 0.2) is 0 Å². The van der Waals surface area contributed by atoms with E-state index in [4.69, 9.17) is 9.47 Å². The van der Waals surface area contributed by atoms with Gasteiger partial charge in [-0.3, -0.25) is 4.79 Å². The molecule has 0 bridgehead atoms. The van der Waals surface area contributed by atoms with Crippen molar-refractivity contribution in [2.45, 2.75) is 12.8 Å². The number of nitrogens with zero attached hydrogens (tertiary/aromatic N) is 1. The SMILES string of the molecule is COc1cccc(OC)c1CC(=O)NCCCN1CCNCC1.Cl. The van der Waals surface area contributed by atoms with Crippen molar-refractivity contribution in [3.05, 3.63) is 23.8 Å². The maximum Gasteiger partial charge on any atom is 0.224 e. The first-order chi connectivity index (χ1) is 11.2. The fourth-order valence-corrected chi connectivity index (χ4v) is 2.79. The van der Waals surface area contributed by atoms with Crippen LogP contribution < -0.4 is 20.1 Å². The summed E-state index contributed by atoms with van der Waals surface area (Å²) in [5.74, 6) is 1.36. The predicted molar refractivity (Wildman–Crippen MR) is 97.4 cm³/mol. The molecule has 1 saturated heterocycles. The summed E-state index contributed by atoms with van der Waals surface area (Å²) in [6.45, 7) is 6.01. The molecule has 0 atom stereocenters. The molecule has 7 heteroatoms. The van der Waals surface area contributed by atoms with Gasteiger partial charge in [0.25, 0.3) is 0 Å². The molecule has 1 aliphatic rings. The van der Waals surface area contributed by atoms with E-state index in [0.29, 0.717) is 18.0 Å². The van der Waals surface area contributed by atoms with Gasteiger partial charge in [-0.15, -0.1) is 12.4 Å². The zero-order chi connectivity index (χ0) is 16.5. The predicted octanol–water partition coefficient (Wildman–Crippen LogP) is 1.08. The summed E-state index contributed by atoms with van der Waals surface area (Å²) in [7, 11) is 3.20. The molecule has 1 heterocycles. The van der Waals surface area contributed by atoms with Crippen LogP contribution in [0.4, 0.5) is 0 Å². The van der Waals surface area contributed by atoms with Crippen molar-refractivity contribution in [1.82, 2.24) is 15.5 Å². The maximum absolute atomic E-state index is 12.2. The van der Waals surface area contributed by atoms with E-state index in [1.54, 1.807) is 14.2 Å². The molecule has 24 heavy (non-hydrogen) atoms. The highest BCUT2D eigenvalue weighted by molar-refractivity contribution is 5.85. The Morgan fingerprint density at radius 1 is 1.21 bits per heavy atom. The molecular formula is C17H28ClN3O3. The van der Waals surface area contributed by atoms with Crippen LogP contribution in [0, 0.1) is 0 Å². The number of rotatable bonds is 8. The molecule has 6 nitrogen and oxygen atoms in total. The van der Waals surface area contributed by atoms with Crippen molar-refractivity contribution < 1.29 is 14.3 Å². The van der Waals surface area contributed by atoms with Crippen LogP contribution >= 0.6 is 12.4 Å². The van der Waals surface area contributed by atoms with Gasteiger partial charge in [-0.25, -0.2) is 0 Å². The first-order valence-corrected chi connectivity index (χ1v) is 8.14. The number of ether oxygens (including phenoxy) is 2. The van der Waals surface area contributed by atoms with E-state index in [1.807, 2.05) is 18.2 Å². The summed E-state index contributed by atoms with van der Waals surface area (Å²) < 4.78 is 10.6. The van der Waals surface area contributed by atoms with Gasteiger partial charge in [0.1, 0.15) is 11.5 Å². The number of carbonyl (C=O) groups excluding carboxylic acids is 1. The Hall–Kier alpha value is -1.50. The van der Waals surface area contributed by atoms with Gasteiger partial charge >= 0.3 is 0 Å². The fraction of sp³-hybridized carbons (Fsp3) is 0.588. The monoisotopic (exact) mass is 357 g/mol. The van der Waals surface area contributed by atoms with Gasteiger partial charge < -0.3 is 25.0 Å². The summed E-state index contributed by atoms with van der Waals surface area (Å²) in [6.07, 6.45) is 1.23. The molecule has 2 rings (SSSR count). The Bertz CT molecular complexity index is 486. The van der Waals surface area contributed by atoms with Crippen LogP contribution in [-0.4, -0.2) is 64.3 Å². The number of halogens is 1. The van der Waals surface area contributed by atoms with E-state index in [1.165, 1.54) is 0 Å². The van der Waals surface area contributed by atoms with E-state index in [-0.39, 0.29) is 24.7 Å². The van der Waals surface area contributed by atoms with E-state index in [9.17, 15) is 4.79 Å². The molecular weight excluding hydrogens is 330 g/mol. The zero-order valence-corrected chi connectivity index (χ0v) is 15.3. The number of amides is 1. The highest BCUT2D eigenvalue weighted by atomic mass is 35.5. The molecule has 0 saturated carbocycles. The van der Waals surface area contributed by atoms with Gasteiger partial charge in [0, 0.05) is 38.3 Å². The molecule has 1 amide bonds. The number of carbonyl (C=O) groups is 1. The normalized spacial score (nSPS) is 14.6. The molecule has 0 aliphatic carbocycles. The van der Waals surface area contributed by atoms with Crippen molar-refractivity contribution in [3.63, 3.8) is 0 Å². The van der Waals surface area contributed by atoms with E-state index >= 15 is 0 Å². The Kier molecular flexibility index (Phi) is 9.52. The van der Waals surface area contributed by atoms with Crippen LogP contribution in [-0.2, 0) is 11.2 Å². The molecule has 0 radical (unpaired) electrons. The van der Waals surface area contributed by atoms with Crippen molar-refractivity contribution in [2.24, 2.45) is 0 Å². The summed E-state index contributed by atoms with van der Waals surface area (Å²) in [6, 6.07) is 5.54. The molecule has 2 N–H and O–H groups in total. The first-order valence-electron chi connectivity index (χ1n) is 8.14. The largest absolute Gasteiger partial charge is 0.496 e. The molecule has 1 aromatic carbocycles. The number of hydrogen-bond donors (Lipinski definition) is 2. The minimum absolute atomic E-state index is 0. The van der Waals surface area contributed by atoms with Crippen LogP contribution in [0.1, 0.15) is 12.0 Å². The third kappa shape index (κ3) is 6.19. The van der Waals surface area contributed by atoms with E-state index < -0.39 is 0 Å². The summed E-state index contributed by atoms with van der Waals surface area (Å²) in [4.78, 5) is 14.6.